The van der Waals surface area contributed by atoms with Gasteiger partial charge in [0.2, 0.25) is 5.88 Å². The summed E-state index contributed by atoms with van der Waals surface area (Å²) in [5.41, 5.74) is 4.36. The number of carbonyl (C=O) groups excluding carboxylic acids is 1. The van der Waals surface area contributed by atoms with Crippen LogP contribution in [-0.2, 0) is 13.1 Å². The van der Waals surface area contributed by atoms with E-state index in [-0.39, 0.29) is 23.5 Å². The Morgan fingerprint density at radius 1 is 1.07 bits per heavy atom. The third-order valence-corrected chi connectivity index (χ3v) is 6.51. The molecule has 3 aromatic heterocycles. The highest BCUT2D eigenvalue weighted by Gasteiger charge is 2.12. The second kappa shape index (κ2) is 12.9. The highest BCUT2D eigenvalue weighted by molar-refractivity contribution is 5.95. The summed E-state index contributed by atoms with van der Waals surface area (Å²) in [4.78, 5) is 34.6. The first kappa shape index (κ1) is 28.2. The average molecular weight is 562 g/mol. The van der Waals surface area contributed by atoms with Gasteiger partial charge in [0.05, 0.1) is 17.7 Å². The molecule has 0 aliphatic heterocycles. The zero-order valence-electron chi connectivity index (χ0n) is 23.4. The third kappa shape index (κ3) is 6.86. The van der Waals surface area contributed by atoms with Gasteiger partial charge in [-0.2, -0.15) is 5.11 Å². The smallest absolute Gasteiger partial charge is 0.263 e. The van der Waals surface area contributed by atoms with Crippen molar-refractivity contribution < 1.29 is 9.90 Å². The Kier molecular flexibility index (Phi) is 8.64. The van der Waals surface area contributed by atoms with E-state index >= 15 is 0 Å². The Hall–Kier alpha value is -5.35. The summed E-state index contributed by atoms with van der Waals surface area (Å²) in [5, 5.41) is 22.5. The molecule has 3 N–H and O–H groups in total. The van der Waals surface area contributed by atoms with E-state index in [1.165, 1.54) is 16.2 Å². The van der Waals surface area contributed by atoms with Crippen LogP contribution in [0.25, 0.3) is 17.0 Å². The van der Waals surface area contributed by atoms with Crippen LogP contribution in [0.1, 0.15) is 27.0 Å². The van der Waals surface area contributed by atoms with Crippen molar-refractivity contribution in [2.45, 2.75) is 13.1 Å². The molecular formula is C32H31N7O3. The largest absolute Gasteiger partial charge is 0.493 e. The molecule has 0 saturated carbocycles. The van der Waals surface area contributed by atoms with Crippen molar-refractivity contribution in [2.75, 3.05) is 20.6 Å². The van der Waals surface area contributed by atoms with Crippen LogP contribution in [0.15, 0.2) is 106 Å². The minimum atomic E-state index is -0.447. The van der Waals surface area contributed by atoms with Gasteiger partial charge in [0.1, 0.15) is 5.56 Å². The highest BCUT2D eigenvalue weighted by Crippen LogP contribution is 2.36. The Labute approximate surface area is 242 Å². The van der Waals surface area contributed by atoms with Crippen LogP contribution < -0.4 is 10.9 Å². The van der Waals surface area contributed by atoms with Gasteiger partial charge in [0.25, 0.3) is 11.5 Å². The second-order valence-corrected chi connectivity index (χ2v) is 10.1. The van der Waals surface area contributed by atoms with Crippen LogP contribution in [0.5, 0.6) is 5.88 Å². The summed E-state index contributed by atoms with van der Waals surface area (Å²) in [5.74, 6) is -0.513. The number of azo groups is 1. The second-order valence-electron chi connectivity index (χ2n) is 10.1. The fourth-order valence-corrected chi connectivity index (χ4v) is 4.50. The third-order valence-electron chi connectivity index (χ3n) is 6.51. The molecule has 0 atom stereocenters. The van der Waals surface area contributed by atoms with Gasteiger partial charge >= 0.3 is 0 Å². The normalized spacial score (nSPS) is 11.7. The predicted octanol–water partition coefficient (Wildman–Crippen LogP) is 5.40. The first-order chi connectivity index (χ1) is 20.4. The number of carbonyl (C=O) groups is 1. The van der Waals surface area contributed by atoms with Crippen LogP contribution in [0.4, 0.5) is 11.4 Å². The summed E-state index contributed by atoms with van der Waals surface area (Å²) in [6.45, 7) is 1.40. The molecule has 10 heteroatoms. The number of benzene rings is 2. The van der Waals surface area contributed by atoms with Gasteiger partial charge in [0, 0.05) is 37.1 Å². The summed E-state index contributed by atoms with van der Waals surface area (Å²) in [7, 11) is 4.03. The lowest BCUT2D eigenvalue weighted by atomic mass is 10.1. The molecule has 0 spiro atoms. The monoisotopic (exact) mass is 561 g/mol. The molecule has 0 fully saturated rings. The molecule has 2 aromatic carbocycles. The minimum absolute atomic E-state index is 0.0663. The summed E-state index contributed by atoms with van der Waals surface area (Å²) in [6.07, 6.45) is 8.64. The van der Waals surface area contributed by atoms with Gasteiger partial charge in [-0.15, -0.1) is 5.11 Å². The number of aromatic nitrogens is 3. The van der Waals surface area contributed by atoms with E-state index in [0.29, 0.717) is 23.4 Å². The Balaban J connectivity index is 1.21. The lowest BCUT2D eigenvalue weighted by Crippen LogP contribution is -2.33. The molecule has 0 radical (unpaired) electrons. The molecule has 42 heavy (non-hydrogen) atoms. The number of aromatic amines is 1. The standard InChI is InChI=1S/C32H31N7O3/c1-38(2)20-23-9-12-25(13-10-23)36-37-29-26-14-11-22(18-28(26)35-31(29)41)6-4-16-34-30(40)27-8-5-17-39(32(27)42)21-24-7-3-15-33-19-24/h3-15,17-19,35,41H,16,20-21H2,1-2H3,(H,34,40)/b6-4+,37-36?. The zero-order chi connectivity index (χ0) is 29.5. The quantitative estimate of drug-likeness (QED) is 0.197. The van der Waals surface area contributed by atoms with Crippen LogP contribution in [0.2, 0.25) is 0 Å². The molecule has 212 valence electrons. The molecule has 3 heterocycles. The van der Waals surface area contributed by atoms with E-state index in [0.717, 1.165) is 23.1 Å². The maximum absolute atomic E-state index is 12.8. The van der Waals surface area contributed by atoms with Crippen molar-refractivity contribution >= 4 is 34.3 Å². The van der Waals surface area contributed by atoms with Crippen molar-refractivity contribution in [3.05, 3.63) is 124 Å². The number of nitrogens with zero attached hydrogens (tertiary/aromatic N) is 5. The van der Waals surface area contributed by atoms with E-state index in [2.05, 4.69) is 30.4 Å². The van der Waals surface area contributed by atoms with Crippen molar-refractivity contribution in [1.29, 1.82) is 0 Å². The van der Waals surface area contributed by atoms with Crippen LogP contribution >= 0.6 is 0 Å². The van der Waals surface area contributed by atoms with Gasteiger partial charge in [-0.1, -0.05) is 36.4 Å². The summed E-state index contributed by atoms with van der Waals surface area (Å²) in [6, 6.07) is 20.3. The number of H-pyrrole nitrogens is 1. The van der Waals surface area contributed by atoms with E-state index in [1.807, 2.05) is 68.7 Å². The van der Waals surface area contributed by atoms with E-state index in [1.54, 1.807) is 36.8 Å². The number of aromatic hydroxyl groups is 1. The van der Waals surface area contributed by atoms with Crippen molar-refractivity contribution in [2.24, 2.45) is 10.2 Å². The number of hydrogen-bond acceptors (Lipinski definition) is 7. The number of nitrogens with one attached hydrogen (secondary N) is 2. The van der Waals surface area contributed by atoms with Gasteiger partial charge in [-0.3, -0.25) is 14.6 Å². The number of rotatable bonds is 10. The first-order valence-corrected chi connectivity index (χ1v) is 13.4. The molecule has 0 aliphatic rings. The van der Waals surface area contributed by atoms with E-state index in [9.17, 15) is 14.7 Å². The van der Waals surface area contributed by atoms with E-state index < -0.39 is 5.91 Å². The number of hydrogen-bond donors (Lipinski definition) is 3. The number of amides is 1. The van der Waals surface area contributed by atoms with Crippen LogP contribution in [0, 0.1) is 0 Å². The molecule has 0 saturated heterocycles. The SMILES string of the molecule is CN(C)Cc1ccc(N=Nc2c(O)[nH]c3cc(/C=C/CNC(=O)c4cccn(Cc5cccnc5)c4=O)ccc23)cc1. The van der Waals surface area contributed by atoms with Gasteiger partial charge in [0.15, 0.2) is 5.69 Å². The molecule has 1 amide bonds. The molecule has 5 aromatic rings. The molecule has 10 nitrogen and oxygen atoms in total. The van der Waals surface area contributed by atoms with Crippen molar-refractivity contribution in [1.82, 2.24) is 24.8 Å². The van der Waals surface area contributed by atoms with E-state index in [4.69, 9.17) is 0 Å². The fraction of sp³-hybridized carbons (Fsp3) is 0.156. The zero-order valence-corrected chi connectivity index (χ0v) is 23.4. The van der Waals surface area contributed by atoms with Gasteiger partial charge < -0.3 is 24.9 Å². The minimum Gasteiger partial charge on any atom is -0.493 e. The maximum atomic E-state index is 12.8. The maximum Gasteiger partial charge on any atom is 0.263 e. The van der Waals surface area contributed by atoms with Gasteiger partial charge in [-0.25, -0.2) is 0 Å². The van der Waals surface area contributed by atoms with Gasteiger partial charge in [-0.05, 0) is 73.3 Å². The Morgan fingerprint density at radius 3 is 2.67 bits per heavy atom. The van der Waals surface area contributed by atoms with Crippen molar-refractivity contribution in [3.63, 3.8) is 0 Å². The molecule has 5 rings (SSSR count). The molecule has 0 aliphatic carbocycles. The average Bonchev–Trinajstić information content (AvgIpc) is 3.30. The predicted molar refractivity (Wildman–Crippen MR) is 163 cm³/mol. The summed E-state index contributed by atoms with van der Waals surface area (Å²) < 4.78 is 1.48. The highest BCUT2D eigenvalue weighted by atomic mass is 16.3. The molecule has 0 bridgehead atoms. The lowest BCUT2D eigenvalue weighted by molar-refractivity contribution is 0.0956. The Bertz CT molecular complexity index is 1800. The first-order valence-electron chi connectivity index (χ1n) is 13.4. The lowest BCUT2D eigenvalue weighted by Gasteiger charge is -2.08. The van der Waals surface area contributed by atoms with Crippen LogP contribution in [0.3, 0.4) is 0 Å². The molecular weight excluding hydrogens is 530 g/mol. The Morgan fingerprint density at radius 2 is 1.90 bits per heavy atom. The van der Waals surface area contributed by atoms with Crippen molar-refractivity contribution in [3.8, 4) is 5.88 Å². The summed E-state index contributed by atoms with van der Waals surface area (Å²) >= 11 is 0. The topological polar surface area (TPSA) is 128 Å². The van der Waals surface area contributed by atoms with Crippen LogP contribution in [-0.4, -0.2) is 51.1 Å². The number of pyridine rings is 2. The molecule has 0 unspecified atom stereocenters. The fourth-order valence-electron chi connectivity index (χ4n) is 4.50. The number of fused-ring (bicyclic) bond motifs is 1.